The fraction of sp³-hybridized carbons (Fsp3) is 0.923. The number of likely N-dealkylation sites (N-methyl/N-ethyl adjacent to an activating group) is 2. The van der Waals surface area contributed by atoms with E-state index in [1.807, 2.05) is 4.90 Å². The molecule has 0 aromatic carbocycles. The average Bonchev–Trinajstić information content (AvgIpc) is 2.66. The number of piperazine rings is 1. The van der Waals surface area contributed by atoms with Crippen LogP contribution in [-0.2, 0) is 4.79 Å². The molecule has 1 N–H and O–H groups in total. The molecule has 104 valence electrons. The van der Waals surface area contributed by atoms with E-state index in [1.54, 1.807) is 0 Å². The Kier molecular flexibility index (Phi) is 4.25. The Morgan fingerprint density at radius 2 is 2.06 bits per heavy atom. The van der Waals surface area contributed by atoms with E-state index in [2.05, 4.69) is 43.1 Å². The van der Waals surface area contributed by atoms with Crippen molar-refractivity contribution in [3.63, 3.8) is 0 Å². The van der Waals surface area contributed by atoms with Crippen molar-refractivity contribution in [2.45, 2.75) is 26.1 Å². The van der Waals surface area contributed by atoms with Crippen molar-refractivity contribution in [3.8, 4) is 0 Å². The van der Waals surface area contributed by atoms with Gasteiger partial charge in [-0.15, -0.1) is 0 Å². The van der Waals surface area contributed by atoms with Gasteiger partial charge in [0.25, 0.3) is 0 Å². The third kappa shape index (κ3) is 2.84. The second-order valence-corrected chi connectivity index (χ2v) is 6.01. The molecule has 0 aliphatic carbocycles. The minimum absolute atomic E-state index is 0.207. The van der Waals surface area contributed by atoms with Crippen LogP contribution in [0.25, 0.3) is 0 Å². The van der Waals surface area contributed by atoms with Gasteiger partial charge in [0.15, 0.2) is 0 Å². The van der Waals surface area contributed by atoms with Crippen LogP contribution in [0.15, 0.2) is 0 Å². The monoisotopic (exact) mass is 254 g/mol. The summed E-state index contributed by atoms with van der Waals surface area (Å²) in [5, 5.41) is 3.32. The molecule has 2 fully saturated rings. The van der Waals surface area contributed by atoms with Gasteiger partial charge in [-0.1, -0.05) is 13.8 Å². The molecule has 2 heterocycles. The van der Waals surface area contributed by atoms with Crippen LogP contribution in [0.3, 0.4) is 0 Å². The zero-order valence-corrected chi connectivity index (χ0v) is 12.0. The molecule has 2 aliphatic rings. The van der Waals surface area contributed by atoms with E-state index in [0.717, 1.165) is 26.2 Å². The zero-order valence-electron chi connectivity index (χ0n) is 12.0. The lowest BCUT2D eigenvalue weighted by atomic mass is 10.1. The Hall–Kier alpha value is -0.650. The van der Waals surface area contributed by atoms with Gasteiger partial charge < -0.3 is 9.80 Å². The van der Waals surface area contributed by atoms with Crippen molar-refractivity contribution in [1.82, 2.24) is 20.0 Å². The maximum absolute atomic E-state index is 12.0. The maximum Gasteiger partial charge on any atom is 0.237 e. The Morgan fingerprint density at radius 1 is 1.33 bits per heavy atom. The Balaban J connectivity index is 2.00. The Labute approximate surface area is 110 Å². The Bertz CT molecular complexity index is 307. The summed E-state index contributed by atoms with van der Waals surface area (Å²) in [6.45, 7) is 8.92. The summed E-state index contributed by atoms with van der Waals surface area (Å²) in [5.41, 5.74) is 0. The van der Waals surface area contributed by atoms with Gasteiger partial charge in [0.05, 0.1) is 12.7 Å². The molecular formula is C13H26N4O. The average molecular weight is 254 g/mol. The van der Waals surface area contributed by atoms with E-state index in [-0.39, 0.29) is 12.1 Å². The molecule has 18 heavy (non-hydrogen) atoms. The van der Waals surface area contributed by atoms with Crippen LogP contribution in [0, 0.1) is 5.92 Å². The minimum Gasteiger partial charge on any atom is -0.324 e. The van der Waals surface area contributed by atoms with Crippen LogP contribution in [0.4, 0.5) is 0 Å². The number of rotatable bonds is 3. The lowest BCUT2D eigenvalue weighted by Gasteiger charge is -2.41. The second kappa shape index (κ2) is 5.55. The first-order valence-electron chi connectivity index (χ1n) is 6.90. The van der Waals surface area contributed by atoms with Gasteiger partial charge in [0, 0.05) is 32.2 Å². The second-order valence-electron chi connectivity index (χ2n) is 6.01. The van der Waals surface area contributed by atoms with E-state index < -0.39 is 0 Å². The molecule has 0 radical (unpaired) electrons. The topological polar surface area (TPSA) is 38.8 Å². The number of nitrogens with one attached hydrogen (secondary N) is 1. The van der Waals surface area contributed by atoms with E-state index in [1.165, 1.54) is 0 Å². The zero-order chi connectivity index (χ0) is 13.3. The Morgan fingerprint density at radius 3 is 2.72 bits per heavy atom. The molecule has 0 saturated carbocycles. The predicted octanol–water partition coefficient (Wildman–Crippen LogP) is -0.354. The number of carbonyl (C=O) groups excluding carboxylic acids is 1. The molecule has 2 atom stereocenters. The van der Waals surface area contributed by atoms with Crippen molar-refractivity contribution in [2.24, 2.45) is 5.92 Å². The highest BCUT2D eigenvalue weighted by Gasteiger charge is 2.35. The van der Waals surface area contributed by atoms with Crippen LogP contribution in [-0.4, -0.2) is 79.6 Å². The van der Waals surface area contributed by atoms with Crippen molar-refractivity contribution >= 4 is 5.91 Å². The van der Waals surface area contributed by atoms with Gasteiger partial charge in [0.1, 0.15) is 0 Å². The van der Waals surface area contributed by atoms with Gasteiger partial charge in [0.2, 0.25) is 5.91 Å². The fourth-order valence-electron chi connectivity index (χ4n) is 2.90. The first-order chi connectivity index (χ1) is 8.49. The molecule has 2 unspecified atom stereocenters. The summed E-state index contributed by atoms with van der Waals surface area (Å²) in [4.78, 5) is 18.7. The number of nitrogens with zero attached hydrogens (tertiary/aromatic N) is 3. The molecule has 0 aromatic rings. The molecule has 0 aromatic heterocycles. The van der Waals surface area contributed by atoms with Gasteiger partial charge >= 0.3 is 0 Å². The number of hydrogen-bond donors (Lipinski definition) is 1. The van der Waals surface area contributed by atoms with E-state index >= 15 is 0 Å². The summed E-state index contributed by atoms with van der Waals surface area (Å²) in [6.07, 6.45) is 0.207. The molecule has 5 nitrogen and oxygen atoms in total. The highest BCUT2D eigenvalue weighted by Crippen LogP contribution is 2.16. The highest BCUT2D eigenvalue weighted by molar-refractivity contribution is 5.80. The fourth-order valence-corrected chi connectivity index (χ4v) is 2.90. The third-order valence-electron chi connectivity index (χ3n) is 4.14. The molecule has 2 saturated heterocycles. The van der Waals surface area contributed by atoms with Crippen molar-refractivity contribution in [1.29, 1.82) is 0 Å². The molecule has 1 amide bonds. The largest absolute Gasteiger partial charge is 0.324 e. The minimum atomic E-state index is 0.207. The maximum atomic E-state index is 12.0. The first-order valence-corrected chi connectivity index (χ1v) is 6.90. The normalized spacial score (nSPS) is 31.6. The van der Waals surface area contributed by atoms with Crippen LogP contribution >= 0.6 is 0 Å². The lowest BCUT2D eigenvalue weighted by molar-refractivity contribution is -0.129. The van der Waals surface area contributed by atoms with Crippen LogP contribution < -0.4 is 5.32 Å². The van der Waals surface area contributed by atoms with Gasteiger partial charge in [-0.05, 0) is 20.0 Å². The summed E-state index contributed by atoms with van der Waals surface area (Å²) in [7, 11) is 4.32. The predicted molar refractivity (Wildman–Crippen MR) is 72.3 cm³/mol. The molecule has 0 spiro atoms. The molecule has 5 heteroatoms. The number of carbonyl (C=O) groups is 1. The molecule has 2 rings (SSSR count). The van der Waals surface area contributed by atoms with Gasteiger partial charge in [-0.3, -0.25) is 15.0 Å². The first kappa shape index (κ1) is 13.8. The van der Waals surface area contributed by atoms with E-state index in [4.69, 9.17) is 0 Å². The van der Waals surface area contributed by atoms with E-state index in [9.17, 15) is 4.79 Å². The van der Waals surface area contributed by atoms with E-state index in [0.29, 0.717) is 18.5 Å². The number of hydrogen-bond acceptors (Lipinski definition) is 4. The van der Waals surface area contributed by atoms with Crippen LogP contribution in [0.1, 0.15) is 13.8 Å². The van der Waals surface area contributed by atoms with Gasteiger partial charge in [-0.25, -0.2) is 0 Å². The molecule has 0 bridgehead atoms. The summed E-state index contributed by atoms with van der Waals surface area (Å²) < 4.78 is 0. The summed E-state index contributed by atoms with van der Waals surface area (Å²) in [6, 6.07) is 0.453. The van der Waals surface area contributed by atoms with Crippen LogP contribution in [0.2, 0.25) is 0 Å². The highest BCUT2D eigenvalue weighted by atomic mass is 16.2. The lowest BCUT2D eigenvalue weighted by Crippen LogP contribution is -2.56. The summed E-state index contributed by atoms with van der Waals surface area (Å²) >= 11 is 0. The smallest absolute Gasteiger partial charge is 0.237 e. The quantitative estimate of drug-likeness (QED) is 0.747. The standard InChI is InChI=1S/C13H26N4O/c1-10(2)13-14-7-12(18)17(13)9-11-8-15(3)5-6-16(11)4/h10-11,13-14H,5-9H2,1-4H3. The molecule has 2 aliphatic heterocycles. The summed E-state index contributed by atoms with van der Waals surface area (Å²) in [5.74, 6) is 0.707. The van der Waals surface area contributed by atoms with Crippen molar-refractivity contribution in [3.05, 3.63) is 0 Å². The van der Waals surface area contributed by atoms with Gasteiger partial charge in [-0.2, -0.15) is 0 Å². The number of amides is 1. The van der Waals surface area contributed by atoms with Crippen LogP contribution in [0.5, 0.6) is 0 Å². The third-order valence-corrected chi connectivity index (χ3v) is 4.14. The molecular weight excluding hydrogens is 228 g/mol. The van der Waals surface area contributed by atoms with Crippen molar-refractivity contribution < 1.29 is 4.79 Å². The SMILES string of the molecule is CC(C)C1NCC(=O)N1CC1CN(C)CCN1C. The van der Waals surface area contributed by atoms with Crippen molar-refractivity contribution in [2.75, 3.05) is 46.8 Å².